The minimum atomic E-state index is 0.204. The maximum atomic E-state index is 10.1. The molecule has 0 N–H and O–H groups in total. The first kappa shape index (κ1) is 3.81. The molecule has 1 fully saturated rings. The van der Waals surface area contributed by atoms with Crippen LogP contribution in [0.3, 0.4) is 0 Å². The summed E-state index contributed by atoms with van der Waals surface area (Å²) in [5.74, 6) is 0.204. The largest absolute Gasteiger partial charge is 0.358 e. The van der Waals surface area contributed by atoms with Crippen molar-refractivity contribution in [1.29, 1.82) is 0 Å². The lowest BCUT2D eigenvalue weighted by Gasteiger charge is -1.68. The first-order valence-corrected chi connectivity index (χ1v) is 2.06. The molecule has 1 saturated heterocycles. The van der Waals surface area contributed by atoms with E-state index in [0.29, 0.717) is 0 Å². The number of rotatable bonds is 0. The van der Waals surface area contributed by atoms with Gasteiger partial charge in [-0.1, -0.05) is 4.90 Å². The normalized spacial score (nSPS) is 20.8. The molecule has 1 aliphatic heterocycles. The SMILES string of the molecule is CC(=O)[N+]1CC1. The number of carbonyl (C=O) groups excluding carboxylic acids is 1. The van der Waals surface area contributed by atoms with Crippen LogP contribution in [0.4, 0.5) is 0 Å². The Labute approximate surface area is 36.7 Å². The lowest BCUT2D eigenvalue weighted by molar-refractivity contribution is -0.120. The summed E-state index contributed by atoms with van der Waals surface area (Å²) in [6.07, 6.45) is 0. The van der Waals surface area contributed by atoms with E-state index in [2.05, 4.69) is 0 Å². The van der Waals surface area contributed by atoms with Gasteiger partial charge in [0.05, 0.1) is 6.92 Å². The Kier molecular flexibility index (Phi) is 0.665. The van der Waals surface area contributed by atoms with Crippen molar-refractivity contribution in [3.05, 3.63) is 0 Å². The molecule has 0 saturated carbocycles. The monoisotopic (exact) mass is 85.1 g/mol. The molecule has 1 heterocycles. The number of hydrogen-bond donors (Lipinski definition) is 0. The molecule has 0 aromatic rings. The molecule has 1 radical (unpaired) electrons. The van der Waals surface area contributed by atoms with E-state index >= 15 is 0 Å². The average Bonchev–Trinajstić information content (AvgIpc) is 2.06. The van der Waals surface area contributed by atoms with E-state index in [4.69, 9.17) is 0 Å². The molecule has 0 bridgehead atoms. The summed E-state index contributed by atoms with van der Waals surface area (Å²) in [6, 6.07) is 0. The summed E-state index contributed by atoms with van der Waals surface area (Å²) < 4.78 is 0. The standard InChI is InChI=1S/C4H7NO/c1-4(6)5-2-3-5/h2-3H2,1H3/q+1. The average molecular weight is 85.1 g/mol. The van der Waals surface area contributed by atoms with Crippen LogP contribution < -0.4 is 4.90 Å². The smallest absolute Gasteiger partial charge is 0.226 e. The maximum absolute atomic E-state index is 10.1. The molecule has 0 aromatic heterocycles. The van der Waals surface area contributed by atoms with Crippen molar-refractivity contribution in [3.63, 3.8) is 0 Å². The molecule has 0 unspecified atom stereocenters. The Hall–Kier alpha value is -0.370. The lowest BCUT2D eigenvalue weighted by atomic mass is 10.7. The van der Waals surface area contributed by atoms with E-state index in [0.717, 1.165) is 13.1 Å². The van der Waals surface area contributed by atoms with Gasteiger partial charge in [-0.3, -0.25) is 0 Å². The van der Waals surface area contributed by atoms with E-state index in [1.54, 1.807) is 11.8 Å². The molecule has 0 spiro atoms. The highest BCUT2D eigenvalue weighted by molar-refractivity contribution is 5.78. The highest BCUT2D eigenvalue weighted by Crippen LogP contribution is 1.95. The fourth-order valence-corrected chi connectivity index (χ4v) is 0.365. The quantitative estimate of drug-likeness (QED) is 0.292. The van der Waals surface area contributed by atoms with Crippen LogP contribution in [0, 0.1) is 0 Å². The van der Waals surface area contributed by atoms with Crippen molar-refractivity contribution in [2.75, 3.05) is 13.1 Å². The molecular formula is C4H7NO+. The fourth-order valence-electron chi connectivity index (χ4n) is 0.365. The van der Waals surface area contributed by atoms with Crippen molar-refractivity contribution < 1.29 is 4.79 Å². The van der Waals surface area contributed by atoms with E-state index in [1.807, 2.05) is 0 Å². The number of carbonyl (C=O) groups is 1. The minimum absolute atomic E-state index is 0.204. The van der Waals surface area contributed by atoms with Gasteiger partial charge in [-0.2, -0.15) is 0 Å². The first-order chi connectivity index (χ1) is 2.80. The predicted molar refractivity (Wildman–Crippen MR) is 22.5 cm³/mol. The van der Waals surface area contributed by atoms with Gasteiger partial charge in [0.15, 0.2) is 13.1 Å². The van der Waals surface area contributed by atoms with E-state index in [1.165, 1.54) is 0 Å². The second-order valence-corrected chi connectivity index (χ2v) is 1.51. The molecule has 1 rings (SSSR count). The third-order valence-corrected chi connectivity index (χ3v) is 0.893. The van der Waals surface area contributed by atoms with Crippen molar-refractivity contribution >= 4 is 5.91 Å². The Balaban J connectivity index is 2.31. The van der Waals surface area contributed by atoms with Gasteiger partial charge < -0.3 is 0 Å². The van der Waals surface area contributed by atoms with Crippen LogP contribution in [0.2, 0.25) is 0 Å². The van der Waals surface area contributed by atoms with Crippen LogP contribution in [-0.4, -0.2) is 19.0 Å². The highest BCUT2D eigenvalue weighted by atomic mass is 16.2. The van der Waals surface area contributed by atoms with Crippen LogP contribution in [0.25, 0.3) is 0 Å². The number of nitrogens with zero attached hydrogens (tertiary/aromatic N) is 1. The van der Waals surface area contributed by atoms with Gasteiger partial charge in [0.25, 0.3) is 0 Å². The predicted octanol–water partition coefficient (Wildman–Crippen LogP) is -0.313. The zero-order chi connectivity index (χ0) is 4.57. The number of amides is 1. The second kappa shape index (κ2) is 1.05. The summed E-state index contributed by atoms with van der Waals surface area (Å²) >= 11 is 0. The van der Waals surface area contributed by atoms with Crippen molar-refractivity contribution in [3.8, 4) is 0 Å². The van der Waals surface area contributed by atoms with Crippen LogP contribution in [0.1, 0.15) is 6.92 Å². The van der Waals surface area contributed by atoms with Gasteiger partial charge in [0.2, 0.25) is 0 Å². The van der Waals surface area contributed by atoms with Crippen molar-refractivity contribution in [1.82, 2.24) is 4.90 Å². The Morgan fingerprint density at radius 2 is 2.17 bits per heavy atom. The maximum Gasteiger partial charge on any atom is 0.358 e. The lowest BCUT2D eigenvalue weighted by Crippen LogP contribution is -2.08. The molecule has 33 valence electrons. The molecule has 2 heteroatoms. The minimum Gasteiger partial charge on any atom is -0.226 e. The molecule has 0 atom stereocenters. The second-order valence-electron chi connectivity index (χ2n) is 1.51. The molecule has 0 aliphatic carbocycles. The summed E-state index contributed by atoms with van der Waals surface area (Å²) in [4.78, 5) is 11.9. The zero-order valence-corrected chi connectivity index (χ0v) is 3.77. The summed E-state index contributed by atoms with van der Waals surface area (Å²) in [5, 5.41) is 0. The molecular weight excluding hydrogens is 78.0 g/mol. The van der Waals surface area contributed by atoms with E-state index in [9.17, 15) is 4.79 Å². The van der Waals surface area contributed by atoms with Gasteiger partial charge >= 0.3 is 5.91 Å². The molecule has 2 nitrogen and oxygen atoms in total. The van der Waals surface area contributed by atoms with Crippen LogP contribution in [-0.2, 0) is 4.79 Å². The third-order valence-electron chi connectivity index (χ3n) is 0.893. The van der Waals surface area contributed by atoms with Gasteiger partial charge in [-0.25, -0.2) is 4.79 Å². The number of hydrogen-bond acceptors (Lipinski definition) is 1. The first-order valence-electron chi connectivity index (χ1n) is 2.06. The Morgan fingerprint density at radius 3 is 2.17 bits per heavy atom. The van der Waals surface area contributed by atoms with Gasteiger partial charge in [-0.05, 0) is 0 Å². The molecule has 0 aromatic carbocycles. The third kappa shape index (κ3) is 0.571. The molecule has 1 amide bonds. The fraction of sp³-hybridized carbons (Fsp3) is 0.750. The molecule has 6 heavy (non-hydrogen) atoms. The molecule has 1 aliphatic rings. The van der Waals surface area contributed by atoms with E-state index in [-0.39, 0.29) is 5.91 Å². The van der Waals surface area contributed by atoms with Crippen molar-refractivity contribution in [2.24, 2.45) is 0 Å². The van der Waals surface area contributed by atoms with Gasteiger partial charge in [0, 0.05) is 0 Å². The zero-order valence-electron chi connectivity index (χ0n) is 3.77. The van der Waals surface area contributed by atoms with Crippen LogP contribution in [0.5, 0.6) is 0 Å². The Morgan fingerprint density at radius 1 is 1.67 bits per heavy atom. The highest BCUT2D eigenvalue weighted by Gasteiger charge is 2.36. The van der Waals surface area contributed by atoms with Crippen LogP contribution >= 0.6 is 0 Å². The van der Waals surface area contributed by atoms with Crippen LogP contribution in [0.15, 0.2) is 0 Å². The summed E-state index contributed by atoms with van der Waals surface area (Å²) in [6.45, 7) is 3.55. The summed E-state index contributed by atoms with van der Waals surface area (Å²) in [7, 11) is 0. The van der Waals surface area contributed by atoms with Gasteiger partial charge in [0.1, 0.15) is 0 Å². The topological polar surface area (TPSA) is 23.0 Å². The van der Waals surface area contributed by atoms with Gasteiger partial charge in [-0.15, -0.1) is 0 Å². The van der Waals surface area contributed by atoms with Crippen molar-refractivity contribution in [2.45, 2.75) is 6.92 Å². The van der Waals surface area contributed by atoms with E-state index < -0.39 is 0 Å². The Bertz CT molecular complexity index is 75.6. The summed E-state index contributed by atoms with van der Waals surface area (Å²) in [5.41, 5.74) is 0.